The number of amides is 1. The van der Waals surface area contributed by atoms with E-state index in [1.807, 2.05) is 54.6 Å². The molecule has 3 rings (SSSR count). The summed E-state index contributed by atoms with van der Waals surface area (Å²) in [5, 5.41) is 0.360. The molecule has 0 aliphatic carbocycles. The third-order valence-electron chi connectivity index (χ3n) is 2.87. The number of benzene rings is 2. The minimum absolute atomic E-state index is 0.360. The molecule has 0 spiro atoms. The topological polar surface area (TPSA) is 42.4 Å². The minimum Gasteiger partial charge on any atom is -0.381 e. The molecule has 1 amide bonds. The molecular weight excluding hydrogens is 272 g/mol. The van der Waals surface area contributed by atoms with Gasteiger partial charge in [-0.05, 0) is 24.3 Å². The highest BCUT2D eigenvalue weighted by Crippen LogP contribution is 2.28. The zero-order valence-corrected chi connectivity index (χ0v) is 11.6. The summed E-state index contributed by atoms with van der Waals surface area (Å²) < 4.78 is 6.31. The fraction of sp³-hybridized carbons (Fsp3) is 0.0667. The summed E-state index contributed by atoms with van der Waals surface area (Å²) in [5.74, 6) is 0. The number of rotatable bonds is 2. The number of hydrogen-bond acceptors (Lipinski definition) is 4. The number of hydrogen-bond donors (Lipinski definition) is 0. The van der Waals surface area contributed by atoms with Gasteiger partial charge in [-0.2, -0.15) is 0 Å². The zero-order chi connectivity index (χ0) is 13.9. The summed E-state index contributed by atoms with van der Waals surface area (Å²) in [5.41, 5.74) is 1.61. The molecule has 3 aromatic rings. The van der Waals surface area contributed by atoms with E-state index < -0.39 is 6.09 Å². The van der Waals surface area contributed by atoms with Gasteiger partial charge in [0.2, 0.25) is 0 Å². The maximum Gasteiger partial charge on any atom is 0.421 e. The van der Waals surface area contributed by atoms with Crippen molar-refractivity contribution < 1.29 is 9.53 Å². The highest BCUT2D eigenvalue weighted by atomic mass is 32.1. The van der Waals surface area contributed by atoms with Gasteiger partial charge in [0.1, 0.15) is 0 Å². The number of thiazole rings is 1. The van der Waals surface area contributed by atoms with Crippen molar-refractivity contribution in [2.75, 3.05) is 11.9 Å². The molecular formula is C15H12N2O2S. The molecule has 4 nitrogen and oxygen atoms in total. The van der Waals surface area contributed by atoms with Crippen molar-refractivity contribution in [2.45, 2.75) is 0 Å². The molecule has 0 N–H and O–H groups in total. The van der Waals surface area contributed by atoms with Crippen LogP contribution in [0.1, 0.15) is 0 Å². The summed E-state index contributed by atoms with van der Waals surface area (Å²) in [6.45, 7) is 0. The van der Waals surface area contributed by atoms with Crippen LogP contribution in [0.25, 0.3) is 10.2 Å². The number of aromatic nitrogens is 1. The monoisotopic (exact) mass is 284 g/mol. The molecule has 0 saturated carbocycles. The third-order valence-corrected chi connectivity index (χ3v) is 3.78. The molecule has 0 bridgehead atoms. The van der Waals surface area contributed by atoms with Crippen LogP contribution in [0.15, 0.2) is 54.6 Å². The van der Waals surface area contributed by atoms with Crippen LogP contribution in [0, 0.1) is 0 Å². The number of anilines is 1. The van der Waals surface area contributed by atoms with Gasteiger partial charge in [-0.3, -0.25) is 4.90 Å². The van der Waals surface area contributed by atoms with E-state index in [1.54, 1.807) is 7.05 Å². The van der Waals surface area contributed by atoms with Gasteiger partial charge in [-0.15, -0.1) is 0 Å². The van der Waals surface area contributed by atoms with Gasteiger partial charge in [-0.25, -0.2) is 9.78 Å². The average Bonchev–Trinajstić information content (AvgIpc) is 2.89. The van der Waals surface area contributed by atoms with Crippen molar-refractivity contribution in [1.29, 1.82) is 0 Å². The number of para-hydroxylation sites is 2. The second kappa shape index (κ2) is 5.30. The SMILES string of the molecule is CN(C(=O)Oc1nc2ccccc2s1)c1ccccc1. The normalized spacial score (nSPS) is 10.4. The fourth-order valence-corrected chi connectivity index (χ4v) is 2.60. The Morgan fingerprint density at radius 1 is 1.10 bits per heavy atom. The van der Waals surface area contributed by atoms with Gasteiger partial charge in [0.05, 0.1) is 10.2 Å². The van der Waals surface area contributed by atoms with Gasteiger partial charge in [0, 0.05) is 12.7 Å². The van der Waals surface area contributed by atoms with Crippen LogP contribution < -0.4 is 9.64 Å². The predicted molar refractivity (Wildman–Crippen MR) is 80.5 cm³/mol. The first-order valence-electron chi connectivity index (χ1n) is 6.10. The lowest BCUT2D eigenvalue weighted by molar-refractivity contribution is 0.209. The van der Waals surface area contributed by atoms with Crippen molar-refractivity contribution in [3.63, 3.8) is 0 Å². The van der Waals surface area contributed by atoms with E-state index >= 15 is 0 Å². The van der Waals surface area contributed by atoms with Gasteiger partial charge < -0.3 is 4.74 Å². The molecule has 0 fully saturated rings. The van der Waals surface area contributed by atoms with Crippen LogP contribution in [0.4, 0.5) is 10.5 Å². The molecule has 0 unspecified atom stereocenters. The van der Waals surface area contributed by atoms with Gasteiger partial charge in [0.15, 0.2) is 0 Å². The molecule has 0 aliphatic heterocycles. The number of carbonyl (C=O) groups is 1. The zero-order valence-electron chi connectivity index (χ0n) is 10.8. The van der Waals surface area contributed by atoms with Gasteiger partial charge >= 0.3 is 6.09 Å². The Labute approximate surface area is 120 Å². The van der Waals surface area contributed by atoms with Crippen LogP contribution in [-0.2, 0) is 0 Å². The number of ether oxygens (including phenoxy) is 1. The Hall–Kier alpha value is -2.40. The van der Waals surface area contributed by atoms with E-state index in [1.165, 1.54) is 16.2 Å². The Bertz CT molecular complexity index is 707. The highest BCUT2D eigenvalue weighted by Gasteiger charge is 2.15. The molecule has 1 aromatic heterocycles. The molecule has 100 valence electrons. The number of carbonyl (C=O) groups excluding carboxylic acids is 1. The van der Waals surface area contributed by atoms with Crippen LogP contribution in [0.3, 0.4) is 0 Å². The Morgan fingerprint density at radius 2 is 1.80 bits per heavy atom. The van der Waals surface area contributed by atoms with Crippen molar-refractivity contribution in [3.05, 3.63) is 54.6 Å². The molecule has 2 aromatic carbocycles. The standard InChI is InChI=1S/C15H12N2O2S/c1-17(11-7-3-2-4-8-11)15(18)19-14-16-12-9-5-6-10-13(12)20-14/h2-10H,1H3. The smallest absolute Gasteiger partial charge is 0.381 e. The Kier molecular flexibility index (Phi) is 3.35. The van der Waals surface area contributed by atoms with Crippen molar-refractivity contribution >= 4 is 33.3 Å². The van der Waals surface area contributed by atoms with Crippen LogP contribution in [-0.4, -0.2) is 18.1 Å². The molecule has 0 saturated heterocycles. The summed E-state index contributed by atoms with van der Waals surface area (Å²) in [6, 6.07) is 17.0. The predicted octanol–water partition coefficient (Wildman–Crippen LogP) is 3.93. The van der Waals surface area contributed by atoms with E-state index in [9.17, 15) is 4.79 Å². The lowest BCUT2D eigenvalue weighted by Crippen LogP contribution is -2.29. The fourth-order valence-electron chi connectivity index (χ4n) is 1.79. The molecule has 0 aliphatic rings. The largest absolute Gasteiger partial charge is 0.421 e. The summed E-state index contributed by atoms with van der Waals surface area (Å²) in [7, 11) is 1.67. The van der Waals surface area contributed by atoms with Crippen LogP contribution >= 0.6 is 11.3 Å². The first kappa shape index (κ1) is 12.6. The van der Waals surface area contributed by atoms with Crippen LogP contribution in [0.5, 0.6) is 5.19 Å². The first-order chi connectivity index (χ1) is 9.74. The molecule has 5 heteroatoms. The Morgan fingerprint density at radius 3 is 2.55 bits per heavy atom. The van der Waals surface area contributed by atoms with E-state index in [2.05, 4.69) is 4.98 Å². The van der Waals surface area contributed by atoms with Crippen LogP contribution in [0.2, 0.25) is 0 Å². The summed E-state index contributed by atoms with van der Waals surface area (Å²) in [6.07, 6.45) is -0.449. The highest BCUT2D eigenvalue weighted by molar-refractivity contribution is 7.20. The van der Waals surface area contributed by atoms with Crippen molar-refractivity contribution in [2.24, 2.45) is 0 Å². The number of fused-ring (bicyclic) bond motifs is 1. The summed E-state index contributed by atoms with van der Waals surface area (Å²) in [4.78, 5) is 17.8. The average molecular weight is 284 g/mol. The molecule has 0 atom stereocenters. The van der Waals surface area contributed by atoms with Gasteiger partial charge in [0.25, 0.3) is 5.19 Å². The maximum atomic E-state index is 12.1. The van der Waals surface area contributed by atoms with E-state index in [0.29, 0.717) is 5.19 Å². The van der Waals surface area contributed by atoms with E-state index in [4.69, 9.17) is 4.74 Å². The van der Waals surface area contributed by atoms with Crippen molar-refractivity contribution in [3.8, 4) is 5.19 Å². The van der Waals surface area contributed by atoms with Gasteiger partial charge in [-0.1, -0.05) is 41.7 Å². The lowest BCUT2D eigenvalue weighted by atomic mass is 10.3. The maximum absolute atomic E-state index is 12.1. The molecule has 0 radical (unpaired) electrons. The molecule has 20 heavy (non-hydrogen) atoms. The minimum atomic E-state index is -0.449. The second-order valence-corrected chi connectivity index (χ2v) is 5.20. The molecule has 1 heterocycles. The number of nitrogens with zero attached hydrogens (tertiary/aromatic N) is 2. The van der Waals surface area contributed by atoms with Crippen molar-refractivity contribution in [1.82, 2.24) is 4.98 Å². The first-order valence-corrected chi connectivity index (χ1v) is 6.92. The lowest BCUT2D eigenvalue weighted by Gasteiger charge is -2.15. The third kappa shape index (κ3) is 2.48. The van der Waals surface area contributed by atoms with E-state index in [0.717, 1.165) is 15.9 Å². The Balaban J connectivity index is 1.78. The summed E-state index contributed by atoms with van der Waals surface area (Å²) >= 11 is 1.36. The quantitative estimate of drug-likeness (QED) is 0.716. The second-order valence-electron chi connectivity index (χ2n) is 4.21. The van der Waals surface area contributed by atoms with E-state index in [-0.39, 0.29) is 0 Å².